The molecule has 1 aliphatic rings. The molecule has 0 aliphatic carbocycles. The van der Waals surface area contributed by atoms with Crippen LogP contribution in [-0.4, -0.2) is 42.9 Å². The van der Waals surface area contributed by atoms with Gasteiger partial charge in [-0.15, -0.1) is 11.3 Å². The normalized spacial score (nSPS) is 14.2. The lowest BCUT2D eigenvalue weighted by molar-refractivity contribution is 0.118. The molecule has 0 N–H and O–H groups in total. The summed E-state index contributed by atoms with van der Waals surface area (Å²) in [7, 11) is 0. The summed E-state index contributed by atoms with van der Waals surface area (Å²) in [6, 6.07) is 12.5. The second kappa shape index (κ2) is 11.2. The molecule has 4 rings (SSSR count). The molecule has 1 fully saturated rings. The zero-order valence-electron chi connectivity index (χ0n) is 17.8. The van der Waals surface area contributed by atoms with E-state index in [2.05, 4.69) is 69.1 Å². The quantitative estimate of drug-likeness (QED) is 0.361. The number of hydrogen-bond acceptors (Lipinski definition) is 6. The van der Waals surface area contributed by atoms with Crippen molar-refractivity contribution in [2.75, 3.05) is 37.8 Å². The zero-order chi connectivity index (χ0) is 21.5. The van der Waals surface area contributed by atoms with E-state index in [9.17, 15) is 0 Å². The lowest BCUT2D eigenvalue weighted by atomic mass is 10.2. The summed E-state index contributed by atoms with van der Waals surface area (Å²) >= 11 is 5.27. The number of aromatic nitrogens is 2. The Hall–Kier alpha value is -1.80. The largest absolute Gasteiger partial charge is 0.378 e. The first-order chi connectivity index (χ1) is 15.2. The molecule has 1 aromatic carbocycles. The second-order valence-corrected chi connectivity index (χ2v) is 9.54. The summed E-state index contributed by atoms with van der Waals surface area (Å²) in [6.07, 6.45) is 4.76. The Bertz CT molecular complexity index is 971. The van der Waals surface area contributed by atoms with Crippen molar-refractivity contribution >= 4 is 33.1 Å². The monoisotopic (exact) mass is 501 g/mol. The van der Waals surface area contributed by atoms with Crippen molar-refractivity contribution in [2.24, 2.45) is 0 Å². The fraction of sp³-hybridized carbons (Fsp3) is 0.417. The van der Waals surface area contributed by atoms with E-state index < -0.39 is 0 Å². The molecule has 0 amide bonds. The molecule has 164 valence electrons. The van der Waals surface area contributed by atoms with Crippen LogP contribution < -0.4 is 4.90 Å². The number of hydrogen-bond donors (Lipinski definition) is 0. The average molecular weight is 502 g/mol. The summed E-state index contributed by atoms with van der Waals surface area (Å²) in [5.74, 6) is 1.12. The molecule has 0 radical (unpaired) electrons. The highest BCUT2D eigenvalue weighted by Crippen LogP contribution is 2.34. The topological polar surface area (TPSA) is 47.5 Å². The van der Waals surface area contributed by atoms with Crippen LogP contribution in [0.2, 0.25) is 0 Å². The van der Waals surface area contributed by atoms with Crippen LogP contribution >= 0.6 is 27.3 Å². The van der Waals surface area contributed by atoms with Crippen LogP contribution in [0.15, 0.2) is 47.1 Å². The van der Waals surface area contributed by atoms with Gasteiger partial charge in [-0.25, -0.2) is 4.98 Å². The Morgan fingerprint density at radius 3 is 2.74 bits per heavy atom. The number of thiazole rings is 1. The SMILES string of the molecule is CCc1cc(-c2nc(N3CCOCC3)c(CCCOCc3ccc(Br)cc3)s2)ccn1. The Kier molecular flexibility index (Phi) is 8.08. The highest BCUT2D eigenvalue weighted by molar-refractivity contribution is 9.10. The molecule has 3 heterocycles. The van der Waals surface area contributed by atoms with Gasteiger partial charge in [-0.3, -0.25) is 4.98 Å². The third-order valence-corrected chi connectivity index (χ3v) is 6.97. The molecule has 2 aromatic heterocycles. The van der Waals surface area contributed by atoms with E-state index in [1.165, 1.54) is 10.4 Å². The molecule has 3 aromatic rings. The van der Waals surface area contributed by atoms with Crippen molar-refractivity contribution in [1.82, 2.24) is 9.97 Å². The summed E-state index contributed by atoms with van der Waals surface area (Å²) in [4.78, 5) is 13.2. The third kappa shape index (κ3) is 6.13. The van der Waals surface area contributed by atoms with Gasteiger partial charge in [0.15, 0.2) is 0 Å². The average Bonchev–Trinajstić information content (AvgIpc) is 3.25. The van der Waals surface area contributed by atoms with Crippen molar-refractivity contribution in [1.29, 1.82) is 0 Å². The predicted octanol–water partition coefficient (Wildman–Crippen LogP) is 5.52. The summed E-state index contributed by atoms with van der Waals surface area (Å²) in [5.41, 5.74) is 3.45. The fourth-order valence-corrected chi connectivity index (χ4v) is 4.95. The number of nitrogens with zero attached hydrogens (tertiary/aromatic N) is 3. The first-order valence-corrected chi connectivity index (χ1v) is 12.4. The number of aryl methyl sites for hydroxylation is 2. The molecular formula is C24H28BrN3O2S. The van der Waals surface area contributed by atoms with E-state index in [0.29, 0.717) is 6.61 Å². The van der Waals surface area contributed by atoms with Crippen LogP contribution in [0.1, 0.15) is 29.5 Å². The lowest BCUT2D eigenvalue weighted by Gasteiger charge is -2.27. The summed E-state index contributed by atoms with van der Waals surface area (Å²) < 4.78 is 12.6. The van der Waals surface area contributed by atoms with E-state index in [0.717, 1.165) is 78.7 Å². The molecule has 1 aliphatic heterocycles. The van der Waals surface area contributed by atoms with Crippen LogP contribution in [0, 0.1) is 0 Å². The maximum atomic E-state index is 5.92. The minimum absolute atomic E-state index is 0.647. The maximum absolute atomic E-state index is 5.92. The Morgan fingerprint density at radius 1 is 1.16 bits per heavy atom. The van der Waals surface area contributed by atoms with Gasteiger partial charge in [0.2, 0.25) is 0 Å². The van der Waals surface area contributed by atoms with Gasteiger partial charge in [0.25, 0.3) is 0 Å². The van der Waals surface area contributed by atoms with E-state index in [1.54, 1.807) is 11.3 Å². The van der Waals surface area contributed by atoms with Crippen LogP contribution in [0.3, 0.4) is 0 Å². The second-order valence-electron chi connectivity index (χ2n) is 7.54. The first-order valence-electron chi connectivity index (χ1n) is 10.8. The van der Waals surface area contributed by atoms with E-state index in [4.69, 9.17) is 14.5 Å². The van der Waals surface area contributed by atoms with Crippen molar-refractivity contribution in [2.45, 2.75) is 32.8 Å². The third-order valence-electron chi connectivity index (χ3n) is 5.29. The molecular weight excluding hydrogens is 474 g/mol. The van der Waals surface area contributed by atoms with Crippen molar-refractivity contribution < 1.29 is 9.47 Å². The number of anilines is 1. The minimum Gasteiger partial charge on any atom is -0.378 e. The maximum Gasteiger partial charge on any atom is 0.143 e. The molecule has 5 nitrogen and oxygen atoms in total. The van der Waals surface area contributed by atoms with Crippen LogP contribution in [0.5, 0.6) is 0 Å². The number of rotatable bonds is 9. The number of pyridine rings is 1. The van der Waals surface area contributed by atoms with Crippen molar-refractivity contribution in [3.63, 3.8) is 0 Å². The Morgan fingerprint density at radius 2 is 1.97 bits per heavy atom. The highest BCUT2D eigenvalue weighted by Gasteiger charge is 2.20. The molecule has 7 heteroatoms. The number of halogens is 1. The van der Waals surface area contributed by atoms with Gasteiger partial charge in [-0.2, -0.15) is 0 Å². The standard InChI is InChI=1S/C24H28BrN3O2S/c1-2-21-16-19(9-10-26-21)24-27-23(28-11-14-29-15-12-28)22(31-24)4-3-13-30-17-18-5-7-20(25)8-6-18/h5-10,16H,2-4,11-15,17H2,1H3. The summed E-state index contributed by atoms with van der Waals surface area (Å²) in [5, 5.41) is 1.07. The molecule has 31 heavy (non-hydrogen) atoms. The first kappa shape index (κ1) is 22.4. The molecule has 0 saturated carbocycles. The molecule has 1 saturated heterocycles. The smallest absolute Gasteiger partial charge is 0.143 e. The van der Waals surface area contributed by atoms with E-state index >= 15 is 0 Å². The molecule has 0 atom stereocenters. The van der Waals surface area contributed by atoms with Gasteiger partial charge in [-0.05, 0) is 49.1 Å². The molecule has 0 bridgehead atoms. The van der Waals surface area contributed by atoms with Gasteiger partial charge < -0.3 is 14.4 Å². The predicted molar refractivity (Wildman–Crippen MR) is 130 cm³/mol. The highest BCUT2D eigenvalue weighted by atomic mass is 79.9. The van der Waals surface area contributed by atoms with Crippen molar-refractivity contribution in [3.8, 4) is 10.6 Å². The van der Waals surface area contributed by atoms with E-state index in [1.807, 2.05) is 6.20 Å². The van der Waals surface area contributed by atoms with Crippen LogP contribution in [0.4, 0.5) is 5.82 Å². The van der Waals surface area contributed by atoms with Gasteiger partial charge >= 0.3 is 0 Å². The molecule has 0 unspecified atom stereocenters. The number of benzene rings is 1. The zero-order valence-corrected chi connectivity index (χ0v) is 20.3. The Balaban J connectivity index is 1.42. The van der Waals surface area contributed by atoms with Crippen molar-refractivity contribution in [3.05, 3.63) is 63.2 Å². The summed E-state index contributed by atoms with van der Waals surface area (Å²) in [6.45, 7) is 6.83. The minimum atomic E-state index is 0.647. The van der Waals surface area contributed by atoms with Gasteiger partial charge in [0.1, 0.15) is 10.8 Å². The van der Waals surface area contributed by atoms with Gasteiger partial charge in [0.05, 0.1) is 19.8 Å². The molecule has 0 spiro atoms. The lowest BCUT2D eigenvalue weighted by Crippen LogP contribution is -2.36. The van der Waals surface area contributed by atoms with Crippen LogP contribution in [-0.2, 0) is 28.9 Å². The van der Waals surface area contributed by atoms with Gasteiger partial charge in [-0.1, -0.05) is 35.0 Å². The number of ether oxygens (including phenoxy) is 2. The number of morpholine rings is 1. The van der Waals surface area contributed by atoms with E-state index in [-0.39, 0.29) is 0 Å². The Labute approximate surface area is 196 Å². The van der Waals surface area contributed by atoms with Crippen LogP contribution in [0.25, 0.3) is 10.6 Å². The fourth-order valence-electron chi connectivity index (χ4n) is 3.56. The van der Waals surface area contributed by atoms with Gasteiger partial charge in [0, 0.05) is 46.5 Å².